The Morgan fingerprint density at radius 3 is 2.44 bits per heavy atom. The van der Waals surface area contributed by atoms with Gasteiger partial charge in [0, 0.05) is 62.0 Å². The summed E-state index contributed by atoms with van der Waals surface area (Å²) in [6, 6.07) is 18.4. The van der Waals surface area contributed by atoms with Crippen molar-refractivity contribution in [3.63, 3.8) is 0 Å². The third-order valence-corrected chi connectivity index (χ3v) is 12.0. The molecule has 59 heavy (non-hydrogen) atoms. The van der Waals surface area contributed by atoms with Crippen molar-refractivity contribution in [1.82, 2.24) is 30.0 Å². The minimum absolute atomic E-state index is 0.0827. The predicted octanol–water partition coefficient (Wildman–Crippen LogP) is 5.12. The number of Topliss-reactive ketones (excluding diaryl/α,β-unsaturated/α-hetero) is 1. The minimum Gasteiger partial charge on any atom is -0.494 e. The fraction of sp³-hybridized carbons (Fsp3) is 0.372. The van der Waals surface area contributed by atoms with E-state index < -0.39 is 11.9 Å². The maximum atomic E-state index is 13.4. The van der Waals surface area contributed by atoms with E-state index in [0.717, 1.165) is 37.2 Å². The molecule has 0 radical (unpaired) electrons. The molecule has 8 rings (SSSR count). The third-order valence-electron chi connectivity index (χ3n) is 11.7. The van der Waals surface area contributed by atoms with Crippen molar-refractivity contribution in [2.24, 2.45) is 0 Å². The van der Waals surface area contributed by atoms with Gasteiger partial charge in [-0.3, -0.25) is 34.2 Å². The first-order valence-electron chi connectivity index (χ1n) is 19.9. The van der Waals surface area contributed by atoms with Crippen LogP contribution in [-0.4, -0.2) is 113 Å². The molecule has 0 saturated carbocycles. The van der Waals surface area contributed by atoms with Gasteiger partial charge in [-0.2, -0.15) is 4.98 Å². The van der Waals surface area contributed by atoms with Crippen LogP contribution in [-0.2, 0) is 20.9 Å². The van der Waals surface area contributed by atoms with E-state index in [1.54, 1.807) is 30.2 Å². The van der Waals surface area contributed by atoms with Gasteiger partial charge in [-0.15, -0.1) is 0 Å². The molecule has 0 aliphatic carbocycles. The molecule has 15 nitrogen and oxygen atoms in total. The number of benzene rings is 3. The van der Waals surface area contributed by atoms with Gasteiger partial charge in [0.1, 0.15) is 16.8 Å². The summed E-state index contributed by atoms with van der Waals surface area (Å²) in [5.41, 5.74) is 5.47. The van der Waals surface area contributed by atoms with Crippen LogP contribution in [0, 0.1) is 0 Å². The third kappa shape index (κ3) is 8.57. The number of hydrogen-bond acceptors (Lipinski definition) is 12. The van der Waals surface area contributed by atoms with Gasteiger partial charge in [-0.1, -0.05) is 35.9 Å². The van der Waals surface area contributed by atoms with E-state index in [9.17, 15) is 24.0 Å². The highest BCUT2D eigenvalue weighted by atomic mass is 35.5. The van der Waals surface area contributed by atoms with E-state index in [4.69, 9.17) is 16.3 Å². The van der Waals surface area contributed by atoms with E-state index in [-0.39, 0.29) is 29.9 Å². The van der Waals surface area contributed by atoms with Gasteiger partial charge in [0.15, 0.2) is 11.6 Å². The molecule has 4 amide bonds. The highest BCUT2D eigenvalue weighted by Crippen LogP contribution is 2.35. The van der Waals surface area contributed by atoms with Crippen molar-refractivity contribution in [2.45, 2.75) is 51.1 Å². The summed E-state index contributed by atoms with van der Waals surface area (Å²) < 4.78 is 5.75. The number of nitrogens with one attached hydrogen (secondary N) is 3. The van der Waals surface area contributed by atoms with Crippen LogP contribution in [0.3, 0.4) is 0 Å². The van der Waals surface area contributed by atoms with Crippen molar-refractivity contribution in [1.29, 1.82) is 0 Å². The number of hydrogen-bond donors (Lipinski definition) is 3. The molecule has 5 heterocycles. The summed E-state index contributed by atoms with van der Waals surface area (Å²) >= 11 is 6.42. The van der Waals surface area contributed by atoms with Crippen LogP contribution >= 0.6 is 11.6 Å². The Labute approximate surface area is 347 Å². The number of carbonyl (C=O) groups excluding carboxylic acids is 5. The van der Waals surface area contributed by atoms with E-state index in [2.05, 4.69) is 41.8 Å². The average molecular weight is 820 g/mol. The quantitative estimate of drug-likeness (QED) is 0.135. The number of fused-ring (bicyclic) bond motifs is 1. The van der Waals surface area contributed by atoms with E-state index in [1.807, 2.05) is 41.3 Å². The SMILES string of the molecule is COc1cc(N2CCN(C(=O)CN3CCC(c4ccc5c(c4)CN(C4CCC(=O)NC4=O)C5=O)CC3)CC2)ccc1Nc1ncc(Cl)c(Nc2ccccc2C(C)=O)n1. The number of ether oxygens (including phenoxy) is 1. The monoisotopic (exact) mass is 819 g/mol. The molecule has 0 bridgehead atoms. The number of piperazine rings is 1. The lowest BCUT2D eigenvalue weighted by atomic mass is 9.88. The molecule has 3 aromatic carbocycles. The number of piperidine rings is 2. The Hall–Kier alpha value is -6.06. The van der Waals surface area contributed by atoms with Crippen LogP contribution in [0.25, 0.3) is 0 Å². The number of para-hydroxylation sites is 1. The van der Waals surface area contributed by atoms with Crippen molar-refractivity contribution in [2.75, 3.05) is 68.5 Å². The smallest absolute Gasteiger partial charge is 0.255 e. The van der Waals surface area contributed by atoms with Crippen molar-refractivity contribution >= 4 is 69.8 Å². The molecule has 4 aliphatic rings. The number of aromatic nitrogens is 2. The summed E-state index contributed by atoms with van der Waals surface area (Å²) in [4.78, 5) is 79.7. The summed E-state index contributed by atoms with van der Waals surface area (Å²) in [5, 5.41) is 9.03. The number of halogens is 1. The topological polar surface area (TPSA) is 169 Å². The number of likely N-dealkylation sites (tertiary alicyclic amines) is 1. The molecular formula is C43H46ClN9O6. The Bertz CT molecular complexity index is 2310. The number of carbonyl (C=O) groups is 5. The number of methoxy groups -OCH3 is 1. The maximum Gasteiger partial charge on any atom is 0.255 e. The second-order valence-corrected chi connectivity index (χ2v) is 15.8. The summed E-state index contributed by atoms with van der Waals surface area (Å²) in [7, 11) is 1.60. The molecule has 4 aromatic rings. The molecule has 1 aromatic heterocycles. The molecule has 306 valence electrons. The van der Waals surface area contributed by atoms with Gasteiger partial charge < -0.3 is 30.1 Å². The van der Waals surface area contributed by atoms with Crippen molar-refractivity contribution in [3.05, 3.63) is 94.1 Å². The van der Waals surface area contributed by atoms with E-state index >= 15 is 0 Å². The van der Waals surface area contributed by atoms with Gasteiger partial charge in [0.25, 0.3) is 5.91 Å². The first-order chi connectivity index (χ1) is 28.5. The van der Waals surface area contributed by atoms with Gasteiger partial charge in [-0.25, -0.2) is 4.98 Å². The van der Waals surface area contributed by atoms with Crippen LogP contribution < -0.4 is 25.6 Å². The van der Waals surface area contributed by atoms with Gasteiger partial charge in [0.2, 0.25) is 23.7 Å². The summed E-state index contributed by atoms with van der Waals surface area (Å²) in [5.74, 6) is 0.750. The molecule has 1 atom stereocenters. The Morgan fingerprint density at radius 1 is 0.915 bits per heavy atom. The fourth-order valence-electron chi connectivity index (χ4n) is 8.42. The largest absolute Gasteiger partial charge is 0.494 e. The second-order valence-electron chi connectivity index (χ2n) is 15.4. The highest BCUT2D eigenvalue weighted by molar-refractivity contribution is 6.33. The van der Waals surface area contributed by atoms with Crippen LogP contribution in [0.2, 0.25) is 5.02 Å². The van der Waals surface area contributed by atoms with Gasteiger partial charge in [-0.05, 0) is 86.7 Å². The van der Waals surface area contributed by atoms with Crippen LogP contribution in [0.15, 0.2) is 66.9 Å². The maximum absolute atomic E-state index is 13.4. The Balaban J connectivity index is 0.815. The van der Waals surface area contributed by atoms with E-state index in [0.29, 0.717) is 96.6 Å². The lowest BCUT2D eigenvalue weighted by molar-refractivity contribution is -0.137. The number of imide groups is 1. The lowest BCUT2D eigenvalue weighted by Crippen LogP contribution is -2.52. The highest BCUT2D eigenvalue weighted by Gasteiger charge is 2.39. The number of nitrogens with zero attached hydrogens (tertiary/aromatic N) is 6. The zero-order chi connectivity index (χ0) is 41.2. The fourth-order valence-corrected chi connectivity index (χ4v) is 8.56. The number of ketones is 1. The molecule has 16 heteroatoms. The minimum atomic E-state index is -0.625. The van der Waals surface area contributed by atoms with Crippen LogP contribution in [0.4, 0.5) is 28.8 Å². The Kier molecular flexibility index (Phi) is 11.5. The zero-order valence-electron chi connectivity index (χ0n) is 33.0. The number of anilines is 5. The number of rotatable bonds is 11. The molecule has 0 spiro atoms. The average Bonchev–Trinajstić information content (AvgIpc) is 3.57. The van der Waals surface area contributed by atoms with Gasteiger partial charge in [0.05, 0.1) is 31.2 Å². The molecule has 3 fully saturated rings. The van der Waals surface area contributed by atoms with E-state index in [1.165, 1.54) is 18.7 Å². The second kappa shape index (κ2) is 17.0. The molecule has 3 N–H and O–H groups in total. The molecule has 1 unspecified atom stereocenters. The van der Waals surface area contributed by atoms with Crippen molar-refractivity contribution < 1.29 is 28.7 Å². The zero-order valence-corrected chi connectivity index (χ0v) is 33.8. The standard InChI is InChI=1S/C43H46ClN9O6/c1-26(54)31-5-3-4-6-34(31)46-40-33(44)23-45-43(49-40)47-35-10-8-30(22-37(35)59-2)51-17-19-52(20-18-51)39(56)25-50-15-13-27(14-16-50)28-7-9-32-29(21-28)24-53(42(32)58)36-11-12-38(55)48-41(36)57/h3-10,21-23,27,36H,11-20,24-25H2,1-2H3,(H,48,55,57)(H2,45,46,47,49). The van der Waals surface area contributed by atoms with Crippen molar-refractivity contribution in [3.8, 4) is 5.75 Å². The molecular weight excluding hydrogens is 774 g/mol. The predicted molar refractivity (Wildman–Crippen MR) is 223 cm³/mol. The summed E-state index contributed by atoms with van der Waals surface area (Å²) in [6.45, 7) is 6.46. The number of amides is 4. The first kappa shape index (κ1) is 39.8. The summed E-state index contributed by atoms with van der Waals surface area (Å²) in [6.07, 6.45) is 3.89. The first-order valence-corrected chi connectivity index (χ1v) is 20.3. The molecule has 4 aliphatic heterocycles. The van der Waals surface area contributed by atoms with Crippen LogP contribution in [0.5, 0.6) is 5.75 Å². The molecule has 3 saturated heterocycles. The van der Waals surface area contributed by atoms with Gasteiger partial charge >= 0.3 is 0 Å². The normalized spacial score (nSPS) is 18.7. The van der Waals surface area contributed by atoms with Crippen LogP contribution in [0.1, 0.15) is 70.4 Å². The lowest BCUT2D eigenvalue weighted by Gasteiger charge is -2.38. The Morgan fingerprint density at radius 2 is 1.69 bits per heavy atom.